The van der Waals surface area contributed by atoms with Gasteiger partial charge in [0.25, 0.3) is 0 Å². The second-order valence-electron chi connectivity index (χ2n) is 9.13. The van der Waals surface area contributed by atoms with E-state index < -0.39 is 18.7 Å². The minimum atomic E-state index is -1.03. The molecule has 2 aromatic carbocycles. The molecule has 0 amide bonds. The largest absolute Gasteiger partial charge is 0.491 e. The number of aliphatic hydroxyl groups is 2. The highest BCUT2D eigenvalue weighted by Crippen LogP contribution is 2.39. The van der Waals surface area contributed by atoms with Crippen molar-refractivity contribution < 1.29 is 28.9 Å². The zero-order chi connectivity index (χ0) is 30.9. The molecule has 220 valence electrons. The van der Waals surface area contributed by atoms with E-state index in [1.54, 1.807) is 55.6 Å². The molecule has 0 radical (unpaired) electrons. The number of likely N-dealkylation sites (N-methyl/N-ethyl adjacent to an activating group) is 1. The topological polar surface area (TPSA) is 166 Å². The Kier molecular flexibility index (Phi) is 10.6. The number of hydrogen-bond acceptors (Lipinski definition) is 12. The van der Waals surface area contributed by atoms with E-state index in [2.05, 4.69) is 22.1 Å². The smallest absolute Gasteiger partial charge is 0.325 e. The number of methoxy groups -OCH3 is 1. The Bertz CT molecular complexity index is 1660. The maximum absolute atomic E-state index is 12.1. The predicted octanol–water partition coefficient (Wildman–Crippen LogP) is 4.43. The van der Waals surface area contributed by atoms with Crippen molar-refractivity contribution >= 4 is 35.1 Å². The zero-order valence-electron chi connectivity index (χ0n) is 23.2. The molecule has 2 N–H and O–H groups in total. The van der Waals surface area contributed by atoms with Crippen LogP contribution >= 0.6 is 23.4 Å². The van der Waals surface area contributed by atoms with Crippen molar-refractivity contribution in [1.82, 2.24) is 9.97 Å². The van der Waals surface area contributed by atoms with Crippen LogP contribution in [0.1, 0.15) is 16.8 Å². The molecule has 2 aromatic heterocycles. The van der Waals surface area contributed by atoms with Crippen LogP contribution in [0.2, 0.25) is 5.02 Å². The van der Waals surface area contributed by atoms with Crippen LogP contribution in [0.3, 0.4) is 0 Å². The Morgan fingerprint density at radius 1 is 1.09 bits per heavy atom. The summed E-state index contributed by atoms with van der Waals surface area (Å²) in [5.41, 5.74) is 2.49. The summed E-state index contributed by atoms with van der Waals surface area (Å²) < 4.78 is 15.9. The monoisotopic (exact) mass is 619 g/mol. The van der Waals surface area contributed by atoms with Gasteiger partial charge in [-0.25, -0.2) is 9.97 Å². The number of carbonyl (C=O) groups is 1. The van der Waals surface area contributed by atoms with Crippen LogP contribution in [-0.4, -0.2) is 66.2 Å². The molecular formula is C30H26ClN5O6S. The van der Waals surface area contributed by atoms with Crippen LogP contribution in [0.25, 0.3) is 22.6 Å². The molecule has 0 saturated carbocycles. The van der Waals surface area contributed by atoms with Gasteiger partial charge >= 0.3 is 5.97 Å². The number of aliphatic hydroxyl groups excluding tert-OH is 2. The van der Waals surface area contributed by atoms with Crippen LogP contribution in [0.15, 0.2) is 64.2 Å². The van der Waals surface area contributed by atoms with Gasteiger partial charge in [-0.15, -0.1) is 0 Å². The predicted molar refractivity (Wildman–Crippen MR) is 159 cm³/mol. The Labute approximate surface area is 256 Å². The molecule has 13 heteroatoms. The molecule has 0 aliphatic rings. The van der Waals surface area contributed by atoms with E-state index in [0.29, 0.717) is 44.3 Å². The minimum Gasteiger partial charge on any atom is -0.491 e. The molecule has 0 aliphatic carbocycles. The van der Waals surface area contributed by atoms with E-state index in [1.807, 2.05) is 0 Å². The number of benzene rings is 2. The molecule has 0 bridgehead atoms. The molecule has 0 saturated heterocycles. The number of nitriles is 2. The van der Waals surface area contributed by atoms with Gasteiger partial charge in [0.1, 0.15) is 59.8 Å². The van der Waals surface area contributed by atoms with E-state index in [0.717, 1.165) is 5.56 Å². The Morgan fingerprint density at radius 2 is 1.77 bits per heavy atom. The summed E-state index contributed by atoms with van der Waals surface area (Å²) in [6.07, 6.45) is 0.485. The number of thioether (sulfide) groups is 1. The Morgan fingerprint density at radius 3 is 2.40 bits per heavy atom. The van der Waals surface area contributed by atoms with Crippen molar-refractivity contribution in [2.24, 2.45) is 0 Å². The zero-order valence-corrected chi connectivity index (χ0v) is 24.7. The lowest BCUT2D eigenvalue weighted by molar-refractivity contribution is -0.138. The van der Waals surface area contributed by atoms with Gasteiger partial charge in [0.2, 0.25) is 5.89 Å². The molecule has 0 aliphatic heterocycles. The molecular weight excluding hydrogens is 594 g/mol. The van der Waals surface area contributed by atoms with Crippen molar-refractivity contribution in [2.45, 2.75) is 16.9 Å². The third kappa shape index (κ3) is 7.63. The molecule has 0 fully saturated rings. The van der Waals surface area contributed by atoms with Gasteiger partial charge in [-0.3, -0.25) is 4.79 Å². The van der Waals surface area contributed by atoms with E-state index in [1.165, 1.54) is 30.0 Å². The standard InChI is InChI=1S/C30H26ClN5O6S/c1-36(13-26(39)40-2)28-24(11-32)27(18-5-9-23(10-6-18)41-16-22(38)14-37)25(12-33)30(35-28)43-17-21-15-42-29(34-21)19-3-7-20(31)8-4-19/h3-10,15,22,37-38H,13-14,16-17H2,1-2H3/t22-/m1/s1. The van der Waals surface area contributed by atoms with E-state index in [-0.39, 0.29) is 30.1 Å². The third-order valence-corrected chi connectivity index (χ3v) is 7.38. The molecule has 0 unspecified atom stereocenters. The average molecular weight is 620 g/mol. The van der Waals surface area contributed by atoms with E-state index in [4.69, 9.17) is 30.6 Å². The summed E-state index contributed by atoms with van der Waals surface area (Å²) in [5, 5.41) is 40.0. The molecule has 0 spiro atoms. The summed E-state index contributed by atoms with van der Waals surface area (Å²) in [4.78, 5) is 22.7. The van der Waals surface area contributed by atoms with Crippen molar-refractivity contribution in [2.75, 3.05) is 38.8 Å². The number of nitrogens with zero attached hydrogens (tertiary/aromatic N) is 5. The van der Waals surface area contributed by atoms with Gasteiger partial charge in [-0.1, -0.05) is 35.5 Å². The van der Waals surface area contributed by atoms with Crippen molar-refractivity contribution in [1.29, 1.82) is 10.5 Å². The van der Waals surface area contributed by atoms with Gasteiger partial charge in [0.15, 0.2) is 0 Å². The number of aromatic nitrogens is 2. The number of ether oxygens (including phenoxy) is 2. The van der Waals surface area contributed by atoms with Crippen molar-refractivity contribution in [3.63, 3.8) is 0 Å². The number of oxazole rings is 1. The summed E-state index contributed by atoms with van der Waals surface area (Å²) in [5.74, 6) is 0.788. The van der Waals surface area contributed by atoms with E-state index >= 15 is 0 Å². The van der Waals surface area contributed by atoms with Gasteiger partial charge in [-0.05, 0) is 42.0 Å². The number of rotatable bonds is 12. The third-order valence-electron chi connectivity index (χ3n) is 6.12. The number of carbonyl (C=O) groups excluding carboxylic acids is 1. The molecule has 1 atom stereocenters. The lowest BCUT2D eigenvalue weighted by Gasteiger charge is -2.22. The normalized spacial score (nSPS) is 11.3. The van der Waals surface area contributed by atoms with Crippen molar-refractivity contribution in [3.05, 3.63) is 76.6 Å². The minimum absolute atomic E-state index is 0.100. The number of esters is 1. The van der Waals surface area contributed by atoms with Crippen LogP contribution in [-0.2, 0) is 15.3 Å². The average Bonchev–Trinajstić information content (AvgIpc) is 3.51. The van der Waals surface area contributed by atoms with Crippen LogP contribution in [0.4, 0.5) is 5.82 Å². The number of hydrogen-bond donors (Lipinski definition) is 2. The number of halogens is 1. The molecule has 43 heavy (non-hydrogen) atoms. The Balaban J connectivity index is 1.72. The molecule has 4 aromatic rings. The lowest BCUT2D eigenvalue weighted by atomic mass is 9.96. The molecule has 2 heterocycles. The highest BCUT2D eigenvalue weighted by molar-refractivity contribution is 7.98. The second kappa shape index (κ2) is 14.5. The Hall–Kier alpha value is -4.59. The highest BCUT2D eigenvalue weighted by atomic mass is 35.5. The molecule has 4 rings (SSSR count). The summed E-state index contributed by atoms with van der Waals surface area (Å²) in [6, 6.07) is 18.0. The summed E-state index contributed by atoms with van der Waals surface area (Å²) in [7, 11) is 2.86. The summed E-state index contributed by atoms with van der Waals surface area (Å²) in [6.45, 7) is -0.727. The first-order valence-corrected chi connectivity index (χ1v) is 14.2. The quantitative estimate of drug-likeness (QED) is 0.169. The maximum Gasteiger partial charge on any atom is 0.325 e. The van der Waals surface area contributed by atoms with Gasteiger partial charge in [0, 0.05) is 29.0 Å². The first kappa shape index (κ1) is 31.3. The fourth-order valence-electron chi connectivity index (χ4n) is 3.97. The number of pyridine rings is 1. The van der Waals surface area contributed by atoms with Crippen LogP contribution < -0.4 is 9.64 Å². The van der Waals surface area contributed by atoms with Crippen LogP contribution in [0.5, 0.6) is 5.75 Å². The van der Waals surface area contributed by atoms with Crippen LogP contribution in [0, 0.1) is 22.7 Å². The maximum atomic E-state index is 12.1. The second-order valence-corrected chi connectivity index (χ2v) is 10.5. The highest BCUT2D eigenvalue weighted by Gasteiger charge is 2.25. The molecule has 11 nitrogen and oxygen atoms in total. The number of anilines is 1. The van der Waals surface area contributed by atoms with Gasteiger partial charge < -0.3 is 29.0 Å². The first-order chi connectivity index (χ1) is 20.8. The SMILES string of the molecule is COC(=O)CN(C)c1nc(SCc2coc(-c3ccc(Cl)cc3)n2)c(C#N)c(-c2ccc(OC[C@H](O)CO)cc2)c1C#N. The lowest BCUT2D eigenvalue weighted by Crippen LogP contribution is -2.28. The van der Waals surface area contributed by atoms with E-state index in [9.17, 15) is 20.4 Å². The van der Waals surface area contributed by atoms with Gasteiger partial charge in [0.05, 0.1) is 25.0 Å². The summed E-state index contributed by atoms with van der Waals surface area (Å²) >= 11 is 7.21. The van der Waals surface area contributed by atoms with Gasteiger partial charge in [-0.2, -0.15) is 10.5 Å². The fourth-order valence-corrected chi connectivity index (χ4v) is 4.95. The fraction of sp³-hybridized carbons (Fsp3) is 0.233. The first-order valence-electron chi connectivity index (χ1n) is 12.8. The van der Waals surface area contributed by atoms with Crippen molar-refractivity contribution in [3.8, 4) is 40.5 Å².